The molecule has 2 aromatic heterocycles. The maximum absolute atomic E-state index is 7.06. The van der Waals surface area contributed by atoms with Crippen LogP contribution >= 0.6 is 0 Å². The number of nitrogens with zero attached hydrogens (tertiary/aromatic N) is 2. The molecule has 348 valence electrons. The lowest BCUT2D eigenvalue weighted by molar-refractivity contribution is 0.657. The second-order valence-corrected chi connectivity index (χ2v) is 32.0. The van der Waals surface area contributed by atoms with Crippen molar-refractivity contribution in [3.8, 4) is 0 Å². The zero-order valence-electron chi connectivity index (χ0n) is 42.2. The fraction of sp³-hybridized carbons (Fsp3) is 0.188. The van der Waals surface area contributed by atoms with Crippen LogP contribution in [-0.4, -0.2) is 16.1 Å². The molecule has 70 heavy (non-hydrogen) atoms. The lowest BCUT2D eigenvalue weighted by atomic mass is 9.94. The normalized spacial score (nSPS) is 12.5. The minimum absolute atomic E-state index is 0.316. The van der Waals surface area contributed by atoms with Gasteiger partial charge < -0.3 is 18.6 Å². The third-order valence-electron chi connectivity index (χ3n) is 14.5. The SMILES string of the molecule is C=Cc1ccc(N(c2ccc([Si](C)(C)C)cc2)c2cccc3c2oc2c(C(C)C)cccc23)c2ccc3ccc(N(c4ccc([Si](C)(C)C)cc4)c4cccc5c4oc4c(C(C)C)cccc45)cc3c12. The van der Waals surface area contributed by atoms with Crippen molar-refractivity contribution in [2.24, 2.45) is 0 Å². The molecule has 0 spiro atoms. The van der Waals surface area contributed by atoms with Gasteiger partial charge in [0, 0.05) is 44.0 Å². The Hall–Kier alpha value is -7.13. The van der Waals surface area contributed by atoms with Gasteiger partial charge in [0.05, 0.1) is 33.2 Å². The van der Waals surface area contributed by atoms with E-state index < -0.39 is 16.1 Å². The first-order valence-electron chi connectivity index (χ1n) is 24.9. The van der Waals surface area contributed by atoms with E-state index in [9.17, 15) is 0 Å². The summed E-state index contributed by atoms with van der Waals surface area (Å²) in [5, 5.41) is 11.9. The quantitative estimate of drug-likeness (QED) is 0.0955. The number of hydrogen-bond donors (Lipinski definition) is 0. The standard InChI is InChI=1S/C64H62N2O2Si2/c1-12-42-27-38-57(66(45-31-35-48(36-32-45)70(9,10)11)59-24-16-22-54-52-20-14-18-50(41(4)5)62(52)68-64(54)59)55-37-26-43-25-28-46(39-56(43)60(42)55)65(44-29-33-47(34-30-44)69(6,7)8)58-23-15-21-53-51-19-13-17-49(40(2)3)61(51)67-63(53)58/h12-41H,1H2,2-11H3. The first kappa shape index (κ1) is 45.3. The van der Waals surface area contributed by atoms with Gasteiger partial charge in [-0.05, 0) is 99.3 Å². The Labute approximate surface area is 414 Å². The smallest absolute Gasteiger partial charge is 0.159 e. The van der Waals surface area contributed by atoms with Crippen LogP contribution in [0, 0.1) is 0 Å². The molecular formula is C64H62N2O2Si2. The topological polar surface area (TPSA) is 32.8 Å². The molecule has 0 aliphatic rings. The van der Waals surface area contributed by atoms with Crippen molar-refractivity contribution in [2.75, 3.05) is 9.80 Å². The molecule has 0 saturated heterocycles. The van der Waals surface area contributed by atoms with E-state index in [-0.39, 0.29) is 0 Å². The van der Waals surface area contributed by atoms with Gasteiger partial charge in [0.15, 0.2) is 11.2 Å². The summed E-state index contributed by atoms with van der Waals surface area (Å²) >= 11 is 0. The summed E-state index contributed by atoms with van der Waals surface area (Å²) in [6.07, 6.45) is 2.01. The molecule has 0 amide bonds. The fourth-order valence-electron chi connectivity index (χ4n) is 10.6. The van der Waals surface area contributed by atoms with Gasteiger partial charge >= 0.3 is 0 Å². The van der Waals surface area contributed by atoms with E-state index in [1.165, 1.54) is 21.5 Å². The van der Waals surface area contributed by atoms with E-state index in [4.69, 9.17) is 8.83 Å². The van der Waals surface area contributed by atoms with Crippen LogP contribution in [0.5, 0.6) is 0 Å². The van der Waals surface area contributed by atoms with Crippen LogP contribution in [0.15, 0.2) is 179 Å². The monoisotopic (exact) mass is 946 g/mol. The number of furan rings is 2. The highest BCUT2D eigenvalue weighted by atomic mass is 28.3. The highest BCUT2D eigenvalue weighted by Crippen LogP contribution is 2.49. The average Bonchev–Trinajstić information content (AvgIpc) is 3.93. The molecule has 0 unspecified atom stereocenters. The van der Waals surface area contributed by atoms with E-state index in [1.54, 1.807) is 0 Å². The Balaban J connectivity index is 1.17. The van der Waals surface area contributed by atoms with E-state index in [0.717, 1.165) is 105 Å². The summed E-state index contributed by atoms with van der Waals surface area (Å²) in [4.78, 5) is 4.81. The largest absolute Gasteiger partial charge is 0.454 e. The van der Waals surface area contributed by atoms with E-state index in [1.807, 2.05) is 6.08 Å². The van der Waals surface area contributed by atoms with E-state index in [0.29, 0.717) is 11.8 Å². The fourth-order valence-corrected chi connectivity index (χ4v) is 13.0. The van der Waals surface area contributed by atoms with E-state index >= 15 is 0 Å². The summed E-state index contributed by atoms with van der Waals surface area (Å²) < 4.78 is 14.1. The van der Waals surface area contributed by atoms with Gasteiger partial charge in [-0.15, -0.1) is 0 Å². The Bertz CT molecular complexity index is 3830. The molecule has 0 radical (unpaired) electrons. The molecule has 9 aromatic carbocycles. The maximum atomic E-state index is 7.06. The van der Waals surface area contributed by atoms with Crippen LogP contribution in [-0.2, 0) is 0 Å². The molecule has 0 saturated carbocycles. The number of hydrogen-bond acceptors (Lipinski definition) is 4. The molecule has 2 heterocycles. The van der Waals surface area contributed by atoms with Crippen molar-refractivity contribution in [3.63, 3.8) is 0 Å². The Kier molecular flexibility index (Phi) is 11.1. The number of para-hydroxylation sites is 4. The van der Waals surface area contributed by atoms with Crippen molar-refractivity contribution in [2.45, 2.75) is 78.8 Å². The van der Waals surface area contributed by atoms with Gasteiger partial charge in [-0.2, -0.15) is 0 Å². The summed E-state index contributed by atoms with van der Waals surface area (Å²) in [7, 11) is -3.15. The van der Waals surface area contributed by atoms with Crippen molar-refractivity contribution < 1.29 is 8.83 Å². The van der Waals surface area contributed by atoms with E-state index in [2.05, 4.69) is 247 Å². The van der Waals surface area contributed by atoms with Crippen molar-refractivity contribution in [1.82, 2.24) is 0 Å². The van der Waals surface area contributed by atoms with Gasteiger partial charge in [0.25, 0.3) is 0 Å². The third kappa shape index (κ3) is 7.56. The molecule has 11 aromatic rings. The molecule has 4 nitrogen and oxygen atoms in total. The van der Waals surface area contributed by atoms with Crippen molar-refractivity contribution >= 4 is 132 Å². The second kappa shape index (κ2) is 17.1. The van der Waals surface area contributed by atoms with Crippen LogP contribution in [0.1, 0.15) is 56.2 Å². The van der Waals surface area contributed by atoms with Crippen molar-refractivity contribution in [1.29, 1.82) is 0 Å². The maximum Gasteiger partial charge on any atom is 0.159 e. The highest BCUT2D eigenvalue weighted by Gasteiger charge is 2.27. The van der Waals surface area contributed by atoms with Gasteiger partial charge in [0.1, 0.15) is 11.2 Å². The molecule has 6 heteroatoms. The first-order valence-corrected chi connectivity index (χ1v) is 31.9. The van der Waals surface area contributed by atoms with Crippen LogP contribution in [0.25, 0.3) is 71.5 Å². The summed E-state index contributed by atoms with van der Waals surface area (Å²) in [6.45, 7) is 27.8. The van der Waals surface area contributed by atoms with Gasteiger partial charge in [-0.1, -0.05) is 199 Å². The van der Waals surface area contributed by atoms with Crippen LogP contribution < -0.4 is 20.2 Å². The minimum Gasteiger partial charge on any atom is -0.454 e. The molecule has 0 fully saturated rings. The number of fused-ring (bicyclic) bond motifs is 9. The zero-order valence-corrected chi connectivity index (χ0v) is 44.2. The summed E-state index contributed by atoms with van der Waals surface area (Å²) in [5.41, 5.74) is 13.4. The number of anilines is 6. The van der Waals surface area contributed by atoms with Gasteiger partial charge in [-0.3, -0.25) is 0 Å². The Morgan fingerprint density at radius 1 is 0.414 bits per heavy atom. The molecule has 0 atom stereocenters. The summed E-state index contributed by atoms with van der Waals surface area (Å²) in [6, 6.07) is 60.8. The summed E-state index contributed by atoms with van der Waals surface area (Å²) in [5.74, 6) is 0.636. The van der Waals surface area contributed by atoms with Gasteiger partial charge in [0.2, 0.25) is 0 Å². The second-order valence-electron chi connectivity index (χ2n) is 21.8. The molecule has 11 rings (SSSR count). The molecule has 0 aliphatic heterocycles. The predicted octanol–water partition coefficient (Wildman–Crippen LogP) is 18.7. The van der Waals surface area contributed by atoms with Crippen LogP contribution in [0.4, 0.5) is 34.1 Å². The van der Waals surface area contributed by atoms with Crippen LogP contribution in [0.2, 0.25) is 39.3 Å². The zero-order chi connectivity index (χ0) is 48.8. The predicted molar refractivity (Wildman–Crippen MR) is 310 cm³/mol. The Morgan fingerprint density at radius 3 is 1.34 bits per heavy atom. The minimum atomic E-state index is -1.58. The van der Waals surface area contributed by atoms with Crippen molar-refractivity contribution in [3.05, 3.63) is 187 Å². The Morgan fingerprint density at radius 2 is 0.857 bits per heavy atom. The third-order valence-corrected chi connectivity index (χ3v) is 18.6. The molecule has 0 aliphatic carbocycles. The lowest BCUT2D eigenvalue weighted by Crippen LogP contribution is -2.37. The highest BCUT2D eigenvalue weighted by molar-refractivity contribution is 6.89. The number of benzene rings is 9. The molecule has 0 bridgehead atoms. The van der Waals surface area contributed by atoms with Crippen LogP contribution in [0.3, 0.4) is 0 Å². The molecule has 0 N–H and O–H groups in total. The molecular weight excluding hydrogens is 885 g/mol. The van der Waals surface area contributed by atoms with Gasteiger partial charge in [-0.25, -0.2) is 0 Å². The first-order chi connectivity index (χ1) is 33.6. The number of rotatable bonds is 11. The lowest BCUT2D eigenvalue weighted by Gasteiger charge is -2.29. The average molecular weight is 947 g/mol.